The van der Waals surface area contributed by atoms with Crippen molar-refractivity contribution in [2.75, 3.05) is 13.2 Å². The number of allylic oxidation sites excluding steroid dienone is 1. The Bertz CT molecular complexity index is 398. The Hall–Kier alpha value is 0.0938. The second-order valence-corrected chi connectivity index (χ2v) is 20.1. The van der Waals surface area contributed by atoms with Crippen LogP contribution in [0.5, 0.6) is 0 Å². The van der Waals surface area contributed by atoms with Crippen LogP contribution in [0, 0.1) is 11.3 Å². The molecule has 2 nitrogen and oxygen atoms in total. The van der Waals surface area contributed by atoms with Crippen molar-refractivity contribution in [2.45, 2.75) is 84.2 Å². The highest BCUT2D eigenvalue weighted by Crippen LogP contribution is 2.55. The third-order valence-electron chi connectivity index (χ3n) is 6.59. The molecule has 0 aromatic carbocycles. The van der Waals surface area contributed by atoms with E-state index in [9.17, 15) is 0 Å². The molecule has 0 saturated heterocycles. The number of rotatable bonds is 7. The summed E-state index contributed by atoms with van der Waals surface area (Å²) in [4.78, 5) is 0. The summed E-state index contributed by atoms with van der Waals surface area (Å²) in [5.41, 5.74) is 0.173. The van der Waals surface area contributed by atoms with E-state index in [2.05, 4.69) is 80.4 Å². The van der Waals surface area contributed by atoms with Gasteiger partial charge in [-0.25, -0.2) is 0 Å². The van der Waals surface area contributed by atoms with E-state index in [-0.39, 0.29) is 15.5 Å². The van der Waals surface area contributed by atoms with Gasteiger partial charge in [-0.05, 0) is 48.6 Å². The van der Waals surface area contributed by atoms with Gasteiger partial charge in [0, 0.05) is 18.6 Å². The Balaban J connectivity index is 2.74. The SMILES string of the molecule is C=C[C@H]1CC1(CO[Si](C)(C)C(C)(C)C)CO[Si](C)(C)C(C)(C)C. The van der Waals surface area contributed by atoms with Crippen LogP contribution in [-0.4, -0.2) is 29.8 Å². The van der Waals surface area contributed by atoms with E-state index in [1.807, 2.05) is 0 Å². The van der Waals surface area contributed by atoms with Crippen LogP contribution in [0.2, 0.25) is 36.3 Å². The first kappa shape index (κ1) is 21.1. The Morgan fingerprint density at radius 2 is 1.26 bits per heavy atom. The molecule has 1 atom stereocenters. The minimum atomic E-state index is -1.71. The lowest BCUT2D eigenvalue weighted by Gasteiger charge is -2.40. The summed E-state index contributed by atoms with van der Waals surface area (Å²) in [6.45, 7) is 28.8. The zero-order valence-corrected chi connectivity index (χ0v) is 19.3. The quantitative estimate of drug-likeness (QED) is 0.398. The molecular formula is C19H40O2Si2. The van der Waals surface area contributed by atoms with Crippen molar-refractivity contribution in [2.24, 2.45) is 11.3 Å². The molecule has 23 heavy (non-hydrogen) atoms. The van der Waals surface area contributed by atoms with Crippen LogP contribution in [0.25, 0.3) is 0 Å². The first-order chi connectivity index (χ1) is 10.1. The predicted octanol–water partition coefficient (Wildman–Crippen LogP) is 6.22. The largest absolute Gasteiger partial charge is 0.416 e. The molecule has 1 rings (SSSR count). The van der Waals surface area contributed by atoms with Gasteiger partial charge in [-0.1, -0.05) is 47.6 Å². The molecular weight excluding hydrogens is 316 g/mol. The van der Waals surface area contributed by atoms with Gasteiger partial charge in [0.05, 0.1) is 0 Å². The highest BCUT2D eigenvalue weighted by molar-refractivity contribution is 6.74. The molecule has 136 valence electrons. The molecule has 0 bridgehead atoms. The van der Waals surface area contributed by atoms with E-state index in [1.54, 1.807) is 0 Å². The standard InChI is InChI=1S/C19H40O2Si2/c1-12-16-13-19(16,14-20-22(8,9)17(2,3)4)15-21-23(10,11)18(5,6)7/h12,16H,1,13-15H2,2-11H3/t16-/m0/s1. The molecule has 0 aromatic rings. The van der Waals surface area contributed by atoms with Crippen LogP contribution in [0.3, 0.4) is 0 Å². The summed E-state index contributed by atoms with van der Waals surface area (Å²) in [7, 11) is -3.41. The summed E-state index contributed by atoms with van der Waals surface area (Å²) in [5, 5.41) is 0.514. The fraction of sp³-hybridized carbons (Fsp3) is 0.895. The predicted molar refractivity (Wildman–Crippen MR) is 107 cm³/mol. The van der Waals surface area contributed by atoms with E-state index in [1.165, 1.54) is 6.42 Å². The van der Waals surface area contributed by atoms with Gasteiger partial charge in [0.25, 0.3) is 0 Å². The van der Waals surface area contributed by atoms with Gasteiger partial charge in [0.15, 0.2) is 16.6 Å². The first-order valence-corrected chi connectivity index (χ1v) is 14.8. The number of hydrogen-bond donors (Lipinski definition) is 0. The van der Waals surface area contributed by atoms with Gasteiger partial charge in [-0.15, -0.1) is 6.58 Å². The molecule has 0 amide bonds. The fourth-order valence-corrected chi connectivity index (χ4v) is 4.33. The molecule has 0 spiro atoms. The maximum atomic E-state index is 6.53. The van der Waals surface area contributed by atoms with Crippen molar-refractivity contribution in [1.29, 1.82) is 0 Å². The van der Waals surface area contributed by atoms with Crippen LogP contribution in [0.1, 0.15) is 48.0 Å². The van der Waals surface area contributed by atoms with E-state index >= 15 is 0 Å². The lowest BCUT2D eigenvalue weighted by molar-refractivity contribution is 0.135. The molecule has 1 aliphatic carbocycles. The maximum Gasteiger partial charge on any atom is 0.192 e. The van der Waals surface area contributed by atoms with Gasteiger partial charge in [-0.3, -0.25) is 0 Å². The van der Waals surface area contributed by atoms with Gasteiger partial charge >= 0.3 is 0 Å². The maximum absolute atomic E-state index is 6.53. The van der Waals surface area contributed by atoms with Crippen molar-refractivity contribution in [3.63, 3.8) is 0 Å². The zero-order chi connectivity index (χ0) is 18.3. The molecule has 1 saturated carbocycles. The third kappa shape index (κ3) is 4.80. The summed E-state index contributed by atoms with van der Waals surface area (Å²) in [5.74, 6) is 0.553. The zero-order valence-electron chi connectivity index (χ0n) is 17.3. The average molecular weight is 357 g/mol. The van der Waals surface area contributed by atoms with Gasteiger partial charge in [0.1, 0.15) is 0 Å². The Labute approximate surface area is 147 Å². The monoisotopic (exact) mass is 356 g/mol. The highest BCUT2D eigenvalue weighted by Gasteiger charge is 2.55. The highest BCUT2D eigenvalue weighted by atomic mass is 28.4. The smallest absolute Gasteiger partial charge is 0.192 e. The number of hydrogen-bond acceptors (Lipinski definition) is 2. The van der Waals surface area contributed by atoms with Gasteiger partial charge in [0.2, 0.25) is 0 Å². The molecule has 0 radical (unpaired) electrons. The van der Waals surface area contributed by atoms with E-state index < -0.39 is 16.6 Å². The lowest BCUT2D eigenvalue weighted by atomic mass is 10.1. The van der Waals surface area contributed by atoms with Gasteiger partial charge in [-0.2, -0.15) is 0 Å². The van der Waals surface area contributed by atoms with Crippen molar-refractivity contribution in [1.82, 2.24) is 0 Å². The van der Waals surface area contributed by atoms with Crippen molar-refractivity contribution in [3.05, 3.63) is 12.7 Å². The second-order valence-electron chi connectivity index (χ2n) is 10.5. The van der Waals surface area contributed by atoms with Crippen molar-refractivity contribution < 1.29 is 8.85 Å². The van der Waals surface area contributed by atoms with Crippen LogP contribution < -0.4 is 0 Å². The minimum absolute atomic E-state index is 0.173. The van der Waals surface area contributed by atoms with Crippen molar-refractivity contribution >= 4 is 16.6 Å². The Morgan fingerprint density at radius 3 is 1.48 bits per heavy atom. The summed E-state index contributed by atoms with van der Waals surface area (Å²) >= 11 is 0. The fourth-order valence-electron chi connectivity index (χ4n) is 2.17. The molecule has 1 fully saturated rings. The molecule has 0 aromatic heterocycles. The normalized spacial score (nSPS) is 22.1. The van der Waals surface area contributed by atoms with Crippen LogP contribution in [0.4, 0.5) is 0 Å². The Kier molecular flexibility index (Phi) is 5.91. The van der Waals surface area contributed by atoms with Gasteiger partial charge < -0.3 is 8.85 Å². The van der Waals surface area contributed by atoms with Crippen LogP contribution in [-0.2, 0) is 8.85 Å². The molecule has 0 unspecified atom stereocenters. The third-order valence-corrected chi connectivity index (χ3v) is 15.5. The Morgan fingerprint density at radius 1 is 0.913 bits per heavy atom. The van der Waals surface area contributed by atoms with Crippen LogP contribution >= 0.6 is 0 Å². The minimum Gasteiger partial charge on any atom is -0.416 e. The molecule has 1 aliphatic rings. The van der Waals surface area contributed by atoms with Crippen LogP contribution in [0.15, 0.2) is 12.7 Å². The second kappa shape index (κ2) is 6.43. The van der Waals surface area contributed by atoms with Crippen molar-refractivity contribution in [3.8, 4) is 0 Å². The van der Waals surface area contributed by atoms with E-state index in [4.69, 9.17) is 8.85 Å². The first-order valence-electron chi connectivity index (χ1n) is 8.98. The molecule has 4 heteroatoms. The van der Waals surface area contributed by atoms with E-state index in [0.29, 0.717) is 5.92 Å². The lowest BCUT2D eigenvalue weighted by Crippen LogP contribution is -2.45. The summed E-state index contributed by atoms with van der Waals surface area (Å²) in [6.07, 6.45) is 3.27. The summed E-state index contributed by atoms with van der Waals surface area (Å²) in [6, 6.07) is 0. The van der Waals surface area contributed by atoms with E-state index in [0.717, 1.165) is 13.2 Å². The topological polar surface area (TPSA) is 18.5 Å². The molecule has 0 heterocycles. The molecule has 0 aliphatic heterocycles. The summed E-state index contributed by atoms with van der Waals surface area (Å²) < 4.78 is 13.1. The average Bonchev–Trinajstić information content (AvgIpc) is 3.06. The molecule has 0 N–H and O–H groups in total.